The molecule has 294 valence electrons. The maximum atomic E-state index is 15.1. The van der Waals surface area contributed by atoms with E-state index in [1.165, 1.54) is 44.1 Å². The van der Waals surface area contributed by atoms with Crippen LogP contribution in [0.3, 0.4) is 0 Å². The Kier molecular flexibility index (Phi) is 11.0. The minimum Gasteiger partial charge on any atom is -0.394 e. The molecule has 0 spiro atoms. The summed E-state index contributed by atoms with van der Waals surface area (Å²) < 4.78 is 0. The molecule has 3 aromatic rings. The van der Waals surface area contributed by atoms with E-state index in [9.17, 15) is 20.4 Å². The lowest BCUT2D eigenvalue weighted by Gasteiger charge is -2.58. The molecule has 5 atom stereocenters. The van der Waals surface area contributed by atoms with Crippen molar-refractivity contribution >= 4 is 5.78 Å². The van der Waals surface area contributed by atoms with Gasteiger partial charge < -0.3 is 20.4 Å². The standard InChI is InChI=1S/C49H63NO5/c1-33-9-8-19-47(2)45(18-20-49(47,55)32-50(29-40(53)30-51)31-48-26-35-21-36(27-48)23-37(22-35)28-48)42-17-15-34(24-39(52)16-14-33)25-44(42)46(54)43-13-7-6-12-41(43)38-10-4-3-5-11-38/h3-7,9-13,15,17,25,35-37,39-40,45,51-53,55H,8,14,16,18-24,26-32H2,1-2H3. The first-order valence-corrected chi connectivity index (χ1v) is 21.4. The van der Waals surface area contributed by atoms with Crippen LogP contribution < -0.4 is 0 Å². The summed E-state index contributed by atoms with van der Waals surface area (Å²) in [5.41, 5.74) is 4.96. The lowest BCUT2D eigenvalue weighted by atomic mass is 9.49. The number of fused-ring (bicyclic) bond motifs is 8. The molecule has 6 bridgehead atoms. The van der Waals surface area contributed by atoms with Crippen molar-refractivity contribution in [1.29, 1.82) is 0 Å². The predicted octanol–water partition coefficient (Wildman–Crippen LogP) is 8.49. The van der Waals surface area contributed by atoms with Gasteiger partial charge in [0.15, 0.2) is 5.78 Å². The van der Waals surface area contributed by atoms with Crippen molar-refractivity contribution in [2.45, 2.75) is 121 Å². The summed E-state index contributed by atoms with van der Waals surface area (Å²) in [4.78, 5) is 17.4. The number of nitrogens with zero attached hydrogens (tertiary/aromatic N) is 1. The van der Waals surface area contributed by atoms with Crippen molar-refractivity contribution in [1.82, 2.24) is 4.90 Å². The third-order valence-electron chi connectivity index (χ3n) is 15.1. The molecule has 4 N–H and O–H groups in total. The molecule has 7 aliphatic carbocycles. The molecular weight excluding hydrogens is 683 g/mol. The van der Waals surface area contributed by atoms with Crippen molar-refractivity contribution in [2.24, 2.45) is 28.6 Å². The molecule has 0 aliphatic heterocycles. The van der Waals surface area contributed by atoms with Gasteiger partial charge in [-0.15, -0.1) is 0 Å². The van der Waals surface area contributed by atoms with Crippen molar-refractivity contribution in [3.05, 3.63) is 107 Å². The second kappa shape index (κ2) is 15.7. The van der Waals surface area contributed by atoms with Gasteiger partial charge in [-0.1, -0.05) is 85.3 Å². The molecule has 0 amide bonds. The summed E-state index contributed by atoms with van der Waals surface area (Å²) in [5, 5.41) is 45.4. The quantitative estimate of drug-likeness (QED) is 0.123. The first-order valence-electron chi connectivity index (χ1n) is 21.4. The van der Waals surface area contributed by atoms with Crippen molar-refractivity contribution in [2.75, 3.05) is 26.2 Å². The first kappa shape index (κ1) is 38.7. The molecule has 3 aromatic carbocycles. The number of carbonyl (C=O) groups excluding carboxylic acids is 1. The van der Waals surface area contributed by atoms with E-state index in [0.29, 0.717) is 43.5 Å². The van der Waals surface area contributed by atoms with Gasteiger partial charge in [0.1, 0.15) is 0 Å². The van der Waals surface area contributed by atoms with E-state index >= 15 is 4.79 Å². The molecule has 5 unspecified atom stereocenters. The van der Waals surface area contributed by atoms with Crippen molar-refractivity contribution in [3.63, 3.8) is 0 Å². The molecule has 10 rings (SSSR count). The van der Waals surface area contributed by atoms with E-state index < -0.39 is 23.2 Å². The minimum atomic E-state index is -1.08. The zero-order valence-electron chi connectivity index (χ0n) is 33.1. The SMILES string of the molecule is CC1=CCCC2(C)C(CCC2(O)CN(CC(O)CO)CC23CC4CC(CC(C4)C2)C3)c2ccc(cc2C(=O)c2ccccc2-c2ccccc2)CC(O)CC1. The number of hydrogen-bond donors (Lipinski definition) is 4. The maximum absolute atomic E-state index is 15.1. The summed E-state index contributed by atoms with van der Waals surface area (Å²) in [6.07, 6.45) is 13.6. The maximum Gasteiger partial charge on any atom is 0.193 e. The molecule has 0 heterocycles. The van der Waals surface area contributed by atoms with Crippen LogP contribution in [-0.2, 0) is 6.42 Å². The molecule has 0 radical (unpaired) electrons. The fourth-order valence-electron chi connectivity index (χ4n) is 12.8. The normalized spacial score (nSPS) is 33.7. The monoisotopic (exact) mass is 745 g/mol. The molecule has 7 aliphatic rings. The van der Waals surface area contributed by atoms with Gasteiger partial charge >= 0.3 is 0 Å². The Balaban J connectivity index is 1.18. The second-order valence-electron chi connectivity index (χ2n) is 19.1. The lowest BCUT2D eigenvalue weighted by molar-refractivity contribution is -0.114. The van der Waals surface area contributed by atoms with E-state index in [1.807, 2.05) is 60.7 Å². The average molecular weight is 746 g/mol. The molecule has 55 heavy (non-hydrogen) atoms. The van der Waals surface area contributed by atoms with Crippen LogP contribution in [0.25, 0.3) is 11.1 Å². The number of hydrogen-bond acceptors (Lipinski definition) is 6. The Hall–Kier alpha value is -3.13. The fraction of sp³-hybridized carbons (Fsp3) is 0.571. The van der Waals surface area contributed by atoms with Crippen LogP contribution in [0, 0.1) is 28.6 Å². The Morgan fingerprint density at radius 2 is 1.56 bits per heavy atom. The smallest absolute Gasteiger partial charge is 0.193 e. The van der Waals surface area contributed by atoms with Gasteiger partial charge in [0.25, 0.3) is 0 Å². The minimum absolute atomic E-state index is 0.0269. The second-order valence-corrected chi connectivity index (χ2v) is 19.1. The highest BCUT2D eigenvalue weighted by Crippen LogP contribution is 2.62. The van der Waals surface area contributed by atoms with Crippen molar-refractivity contribution < 1.29 is 25.2 Å². The highest BCUT2D eigenvalue weighted by Gasteiger charge is 2.58. The van der Waals surface area contributed by atoms with Gasteiger partial charge in [-0.25, -0.2) is 0 Å². The number of ketones is 1. The van der Waals surface area contributed by atoms with E-state index in [4.69, 9.17) is 0 Å². The average Bonchev–Trinajstić information content (AvgIpc) is 3.41. The molecule has 5 fully saturated rings. The molecule has 0 aromatic heterocycles. The zero-order chi connectivity index (χ0) is 38.4. The van der Waals surface area contributed by atoms with Gasteiger partial charge in [-0.05, 0) is 148 Å². The molecule has 0 saturated heterocycles. The number of aliphatic hydroxyl groups excluding tert-OH is 3. The summed E-state index contributed by atoms with van der Waals surface area (Å²) in [5.74, 6) is 2.29. The zero-order valence-corrected chi connectivity index (χ0v) is 33.1. The highest BCUT2D eigenvalue weighted by molar-refractivity contribution is 6.13. The first-order chi connectivity index (χ1) is 26.5. The number of rotatable bonds is 10. The van der Waals surface area contributed by atoms with Crippen molar-refractivity contribution in [3.8, 4) is 11.1 Å². The van der Waals surface area contributed by atoms with E-state index in [0.717, 1.165) is 72.2 Å². The number of carbonyl (C=O) groups is 1. The van der Waals surface area contributed by atoms with Gasteiger partial charge in [-0.3, -0.25) is 9.69 Å². The van der Waals surface area contributed by atoms with Crippen LogP contribution in [0.5, 0.6) is 0 Å². The molecule has 6 nitrogen and oxygen atoms in total. The third kappa shape index (κ3) is 7.79. The molecule has 5 saturated carbocycles. The Labute approximate surface area is 328 Å². The Morgan fingerprint density at radius 1 is 0.873 bits per heavy atom. The molecule has 6 heteroatoms. The molecular formula is C49H63NO5. The van der Waals surface area contributed by atoms with Crippen LogP contribution in [0.2, 0.25) is 0 Å². The van der Waals surface area contributed by atoms with E-state index in [2.05, 4.69) is 37.0 Å². The van der Waals surface area contributed by atoms with Gasteiger partial charge in [0, 0.05) is 36.2 Å². The van der Waals surface area contributed by atoms with Crippen LogP contribution in [0.1, 0.15) is 124 Å². The van der Waals surface area contributed by atoms with Gasteiger partial charge in [0.05, 0.1) is 24.4 Å². The van der Waals surface area contributed by atoms with Crippen LogP contribution >= 0.6 is 0 Å². The van der Waals surface area contributed by atoms with Crippen LogP contribution in [0.15, 0.2) is 84.4 Å². The predicted molar refractivity (Wildman–Crippen MR) is 219 cm³/mol. The van der Waals surface area contributed by atoms with Gasteiger partial charge in [-0.2, -0.15) is 0 Å². The third-order valence-corrected chi connectivity index (χ3v) is 15.1. The summed E-state index contributed by atoms with van der Waals surface area (Å²) in [6.45, 7) is 5.75. The Bertz CT molecular complexity index is 1830. The highest BCUT2D eigenvalue weighted by atomic mass is 16.3. The lowest BCUT2D eigenvalue weighted by Crippen LogP contribution is -2.57. The van der Waals surface area contributed by atoms with Gasteiger partial charge in [0.2, 0.25) is 0 Å². The summed E-state index contributed by atoms with van der Waals surface area (Å²) in [7, 11) is 0. The van der Waals surface area contributed by atoms with E-state index in [1.54, 1.807) is 0 Å². The summed E-state index contributed by atoms with van der Waals surface area (Å²) >= 11 is 0. The van der Waals surface area contributed by atoms with Crippen LogP contribution in [-0.4, -0.2) is 75.2 Å². The number of aliphatic hydroxyl groups is 4. The summed E-state index contributed by atoms with van der Waals surface area (Å²) in [6, 6.07) is 24.2. The van der Waals surface area contributed by atoms with Crippen LogP contribution in [0.4, 0.5) is 0 Å². The Morgan fingerprint density at radius 3 is 2.27 bits per heavy atom. The number of allylic oxidation sites excluding steroid dienone is 2. The fourth-order valence-corrected chi connectivity index (χ4v) is 12.8. The topological polar surface area (TPSA) is 101 Å². The van der Waals surface area contributed by atoms with E-state index in [-0.39, 0.29) is 23.7 Å². The largest absolute Gasteiger partial charge is 0.394 e. The number of benzene rings is 3.